The van der Waals surface area contributed by atoms with Gasteiger partial charge in [-0.25, -0.2) is 14.1 Å². The molecule has 0 saturated heterocycles. The molecule has 12 heteroatoms. The molecule has 0 saturated carbocycles. The maximum atomic E-state index is 13.9. The van der Waals surface area contributed by atoms with E-state index in [-0.39, 0.29) is 35.3 Å². The molecule has 140 valence electrons. The second-order valence-corrected chi connectivity index (χ2v) is 5.78. The zero-order chi connectivity index (χ0) is 19.6. The van der Waals surface area contributed by atoms with E-state index in [9.17, 15) is 19.3 Å². The molecule has 2 aromatic heterocycles. The largest absolute Gasteiger partial charge is 0.320 e. The molecule has 0 spiro atoms. The molecule has 0 bridgehead atoms. The first-order chi connectivity index (χ1) is 12.9. The van der Waals surface area contributed by atoms with E-state index in [1.165, 1.54) is 27.8 Å². The van der Waals surface area contributed by atoms with E-state index in [1.54, 1.807) is 13.0 Å². The Labute approximate surface area is 156 Å². The third kappa shape index (κ3) is 3.77. The van der Waals surface area contributed by atoms with Gasteiger partial charge in [0.2, 0.25) is 11.6 Å². The number of nitro groups is 1. The minimum Gasteiger partial charge on any atom is -0.288 e. The van der Waals surface area contributed by atoms with Crippen molar-refractivity contribution in [2.45, 2.75) is 20.0 Å². The molecule has 3 rings (SSSR count). The molecule has 27 heavy (non-hydrogen) atoms. The van der Waals surface area contributed by atoms with Gasteiger partial charge in [0.1, 0.15) is 18.3 Å². The number of anilines is 1. The van der Waals surface area contributed by atoms with Crippen LogP contribution in [0.1, 0.15) is 23.0 Å². The van der Waals surface area contributed by atoms with Crippen molar-refractivity contribution in [2.24, 2.45) is 0 Å². The number of nitrogens with zero attached hydrogens (tertiary/aromatic N) is 6. The molecule has 0 aliphatic carbocycles. The van der Waals surface area contributed by atoms with E-state index >= 15 is 0 Å². The molecule has 2 heterocycles. The standard InChI is InChI=1S/C15H13ClFN7O3/c1-2-23-13(12(6-19-23)24(26)27)14(25)20-15-18-8-22(21-15)7-9-10(16)4-3-5-11(9)17/h3-6,8H,2,7H2,1H3,(H,20,21,25). The zero-order valence-corrected chi connectivity index (χ0v) is 14.7. The lowest BCUT2D eigenvalue weighted by Crippen LogP contribution is -2.19. The maximum absolute atomic E-state index is 13.9. The summed E-state index contributed by atoms with van der Waals surface area (Å²) in [4.78, 5) is 26.7. The van der Waals surface area contributed by atoms with Crippen molar-refractivity contribution in [1.29, 1.82) is 0 Å². The highest BCUT2D eigenvalue weighted by atomic mass is 35.5. The Bertz CT molecular complexity index is 997. The Hall–Kier alpha value is -3.34. The molecule has 0 fully saturated rings. The van der Waals surface area contributed by atoms with Crippen LogP contribution in [0.2, 0.25) is 5.02 Å². The molecule has 0 aliphatic heterocycles. The number of aryl methyl sites for hydroxylation is 1. The molecular formula is C15H13ClFN7O3. The number of amides is 1. The van der Waals surface area contributed by atoms with Gasteiger partial charge in [-0.15, -0.1) is 5.10 Å². The SMILES string of the molecule is CCn1ncc([N+](=O)[O-])c1C(=O)Nc1ncn(Cc2c(F)cccc2Cl)n1. The highest BCUT2D eigenvalue weighted by Gasteiger charge is 2.27. The highest BCUT2D eigenvalue weighted by molar-refractivity contribution is 6.31. The summed E-state index contributed by atoms with van der Waals surface area (Å²) < 4.78 is 16.3. The van der Waals surface area contributed by atoms with Crippen LogP contribution in [0, 0.1) is 15.9 Å². The second kappa shape index (κ2) is 7.50. The van der Waals surface area contributed by atoms with Crippen molar-refractivity contribution in [1.82, 2.24) is 24.5 Å². The number of carbonyl (C=O) groups is 1. The van der Waals surface area contributed by atoms with Crippen molar-refractivity contribution >= 4 is 29.1 Å². The van der Waals surface area contributed by atoms with Gasteiger partial charge in [-0.05, 0) is 19.1 Å². The first kappa shape index (κ1) is 18.5. The van der Waals surface area contributed by atoms with Gasteiger partial charge in [0, 0.05) is 17.1 Å². The number of hydrogen-bond acceptors (Lipinski definition) is 6. The van der Waals surface area contributed by atoms with Gasteiger partial charge in [0.05, 0.1) is 11.5 Å². The molecular weight excluding hydrogens is 381 g/mol. The average molecular weight is 394 g/mol. The number of nitrogens with one attached hydrogen (secondary N) is 1. The number of benzene rings is 1. The molecule has 1 aromatic carbocycles. The van der Waals surface area contributed by atoms with E-state index in [2.05, 4.69) is 20.5 Å². The van der Waals surface area contributed by atoms with Gasteiger partial charge in [-0.3, -0.25) is 24.9 Å². The van der Waals surface area contributed by atoms with Crippen LogP contribution in [-0.4, -0.2) is 35.4 Å². The topological polar surface area (TPSA) is 121 Å². The summed E-state index contributed by atoms with van der Waals surface area (Å²) in [6.45, 7) is 1.96. The van der Waals surface area contributed by atoms with Crippen molar-refractivity contribution in [2.75, 3.05) is 5.32 Å². The number of rotatable bonds is 6. The van der Waals surface area contributed by atoms with Crippen LogP contribution in [0.3, 0.4) is 0 Å². The fraction of sp³-hybridized carbons (Fsp3) is 0.200. The van der Waals surface area contributed by atoms with E-state index < -0.39 is 22.3 Å². The second-order valence-electron chi connectivity index (χ2n) is 5.37. The van der Waals surface area contributed by atoms with Gasteiger partial charge in [-0.1, -0.05) is 17.7 Å². The minimum absolute atomic E-state index is 0.00141. The van der Waals surface area contributed by atoms with Crippen LogP contribution in [0.4, 0.5) is 16.0 Å². The minimum atomic E-state index is -0.775. The summed E-state index contributed by atoms with van der Waals surface area (Å²) in [5, 5.41) is 21.5. The van der Waals surface area contributed by atoms with Crippen molar-refractivity contribution in [3.8, 4) is 0 Å². The molecule has 3 aromatic rings. The predicted octanol–water partition coefficient (Wildman–Crippen LogP) is 2.50. The van der Waals surface area contributed by atoms with E-state index in [1.807, 2.05) is 0 Å². The Balaban J connectivity index is 1.79. The Kier molecular flexibility index (Phi) is 5.12. The first-order valence-corrected chi connectivity index (χ1v) is 8.12. The Morgan fingerprint density at radius 3 is 2.89 bits per heavy atom. The molecule has 0 unspecified atom stereocenters. The molecule has 0 atom stereocenters. The highest BCUT2D eigenvalue weighted by Crippen LogP contribution is 2.21. The van der Waals surface area contributed by atoms with Gasteiger partial charge < -0.3 is 0 Å². The van der Waals surface area contributed by atoms with Crippen LogP contribution < -0.4 is 5.32 Å². The fourth-order valence-corrected chi connectivity index (χ4v) is 2.64. The van der Waals surface area contributed by atoms with Gasteiger partial charge in [-0.2, -0.15) is 5.10 Å². The summed E-state index contributed by atoms with van der Waals surface area (Å²) in [5.41, 5.74) is -0.412. The maximum Gasteiger partial charge on any atom is 0.320 e. The number of aromatic nitrogens is 5. The Morgan fingerprint density at radius 1 is 1.44 bits per heavy atom. The summed E-state index contributed by atoms with van der Waals surface area (Å²) >= 11 is 5.97. The van der Waals surface area contributed by atoms with Crippen molar-refractivity contribution in [3.05, 3.63) is 62.9 Å². The van der Waals surface area contributed by atoms with E-state index in [0.29, 0.717) is 0 Å². The lowest BCUT2D eigenvalue weighted by molar-refractivity contribution is -0.385. The van der Waals surface area contributed by atoms with Crippen LogP contribution in [-0.2, 0) is 13.1 Å². The third-order valence-corrected chi connectivity index (χ3v) is 4.03. The number of carbonyl (C=O) groups excluding carboxylic acids is 1. The molecule has 10 nitrogen and oxygen atoms in total. The molecule has 0 radical (unpaired) electrons. The van der Waals surface area contributed by atoms with Gasteiger partial charge >= 0.3 is 5.69 Å². The Morgan fingerprint density at radius 2 is 2.22 bits per heavy atom. The third-order valence-electron chi connectivity index (χ3n) is 3.68. The zero-order valence-electron chi connectivity index (χ0n) is 14.0. The molecule has 1 amide bonds. The fourth-order valence-electron chi connectivity index (χ4n) is 2.42. The van der Waals surface area contributed by atoms with E-state index in [0.717, 1.165) is 6.20 Å². The van der Waals surface area contributed by atoms with Gasteiger partial charge in [0.25, 0.3) is 5.91 Å². The van der Waals surface area contributed by atoms with Crippen LogP contribution in [0.15, 0.2) is 30.7 Å². The first-order valence-electron chi connectivity index (χ1n) is 7.74. The van der Waals surface area contributed by atoms with Gasteiger partial charge in [0.15, 0.2) is 0 Å². The monoisotopic (exact) mass is 393 g/mol. The van der Waals surface area contributed by atoms with Crippen LogP contribution >= 0.6 is 11.6 Å². The van der Waals surface area contributed by atoms with Crippen LogP contribution in [0.5, 0.6) is 0 Å². The smallest absolute Gasteiger partial charge is 0.288 e. The molecule has 1 N–H and O–H groups in total. The van der Waals surface area contributed by atoms with E-state index in [4.69, 9.17) is 11.6 Å². The summed E-state index contributed by atoms with van der Waals surface area (Å²) in [6.07, 6.45) is 2.29. The molecule has 0 aliphatic rings. The summed E-state index contributed by atoms with van der Waals surface area (Å²) in [5.74, 6) is -1.36. The number of halogens is 2. The normalized spacial score (nSPS) is 10.8. The van der Waals surface area contributed by atoms with Crippen LogP contribution in [0.25, 0.3) is 0 Å². The number of hydrogen-bond donors (Lipinski definition) is 1. The average Bonchev–Trinajstić information content (AvgIpc) is 3.24. The van der Waals surface area contributed by atoms with Crippen molar-refractivity contribution in [3.63, 3.8) is 0 Å². The lowest BCUT2D eigenvalue weighted by Gasteiger charge is -2.05. The lowest BCUT2D eigenvalue weighted by atomic mass is 10.2. The van der Waals surface area contributed by atoms with Crippen molar-refractivity contribution < 1.29 is 14.1 Å². The predicted molar refractivity (Wildman–Crippen MR) is 93.0 cm³/mol. The summed E-state index contributed by atoms with van der Waals surface area (Å²) in [6, 6.07) is 4.30. The quantitative estimate of drug-likeness (QED) is 0.507. The summed E-state index contributed by atoms with van der Waals surface area (Å²) in [7, 11) is 0.